The van der Waals surface area contributed by atoms with Crippen LogP contribution >= 0.6 is 15.9 Å². The first kappa shape index (κ1) is 24.6. The molecule has 2 N–H and O–H groups in total. The van der Waals surface area contributed by atoms with E-state index in [9.17, 15) is 18.0 Å². The topological polar surface area (TPSA) is 99.2 Å². The highest BCUT2D eigenvalue weighted by atomic mass is 79.9. The van der Waals surface area contributed by atoms with Gasteiger partial charge in [-0.15, -0.1) is 0 Å². The summed E-state index contributed by atoms with van der Waals surface area (Å²) in [4.78, 5) is 27.4. The maximum Gasteiger partial charge on any atom is 0.259 e. The molecule has 0 aliphatic rings. The summed E-state index contributed by atoms with van der Waals surface area (Å²) in [5, 5.41) is 1.11. The molecule has 0 aliphatic carbocycles. The molecule has 3 aromatic carbocycles. The summed E-state index contributed by atoms with van der Waals surface area (Å²) >= 11 is 3.49. The Labute approximate surface area is 211 Å². The van der Waals surface area contributed by atoms with Crippen LogP contribution in [0.4, 0.5) is 0 Å². The Morgan fingerprint density at radius 3 is 2.26 bits per heavy atom. The Kier molecular flexibility index (Phi) is 6.78. The summed E-state index contributed by atoms with van der Waals surface area (Å²) < 4.78 is 25.9. The van der Waals surface area contributed by atoms with Gasteiger partial charge in [0.25, 0.3) is 5.56 Å². The smallest absolute Gasteiger partial charge is 0.259 e. The molecule has 0 radical (unpaired) electrons. The number of fused-ring (bicyclic) bond motifs is 1. The summed E-state index contributed by atoms with van der Waals surface area (Å²) in [6, 6.07) is 21.0. The predicted octanol–water partition coefficient (Wildman–Crippen LogP) is 4.93. The highest BCUT2D eigenvalue weighted by Gasteiger charge is 2.23. The minimum Gasteiger partial charge on any atom is -0.402 e. The molecule has 0 spiro atoms. The summed E-state index contributed by atoms with van der Waals surface area (Å²) in [5.74, 6) is -0.393. The number of nitrogens with two attached hydrogens (primary N) is 1. The second kappa shape index (κ2) is 9.64. The lowest BCUT2D eigenvalue weighted by molar-refractivity contribution is 0.103. The van der Waals surface area contributed by atoms with Crippen molar-refractivity contribution in [2.45, 2.75) is 18.4 Å². The number of halogens is 1. The second-order valence-corrected chi connectivity index (χ2v) is 11.3. The van der Waals surface area contributed by atoms with Gasteiger partial charge in [0.05, 0.1) is 11.4 Å². The van der Waals surface area contributed by atoms with E-state index in [1.807, 2.05) is 36.4 Å². The quantitative estimate of drug-likeness (QED) is 0.271. The molecule has 35 heavy (non-hydrogen) atoms. The number of pyridine rings is 1. The SMILES string of the molecule is CC(N)=CC(=O)c1c(-c2ccccc2)c2cc(Br)ccc2c(=O)n1Cc1ccc(S(C)(=O)=O)cc1. The van der Waals surface area contributed by atoms with Gasteiger partial charge < -0.3 is 5.73 Å². The van der Waals surface area contributed by atoms with Crippen molar-refractivity contribution >= 4 is 42.3 Å². The van der Waals surface area contributed by atoms with Crippen molar-refractivity contribution in [2.75, 3.05) is 6.26 Å². The minimum atomic E-state index is -3.36. The number of hydrogen-bond acceptors (Lipinski definition) is 5. The maximum absolute atomic E-state index is 13.7. The second-order valence-electron chi connectivity index (χ2n) is 8.34. The van der Waals surface area contributed by atoms with Gasteiger partial charge in [0.15, 0.2) is 9.84 Å². The molecule has 0 saturated carbocycles. The van der Waals surface area contributed by atoms with E-state index in [4.69, 9.17) is 5.73 Å². The molecule has 1 heterocycles. The molecule has 4 rings (SSSR count). The molecule has 0 unspecified atom stereocenters. The predicted molar refractivity (Wildman–Crippen MR) is 142 cm³/mol. The van der Waals surface area contributed by atoms with Gasteiger partial charge in [-0.25, -0.2) is 8.42 Å². The van der Waals surface area contributed by atoms with Crippen LogP contribution in [0.25, 0.3) is 21.9 Å². The Hall–Kier alpha value is -3.49. The van der Waals surface area contributed by atoms with Gasteiger partial charge in [-0.05, 0) is 53.8 Å². The number of allylic oxidation sites excluding steroid dienone is 2. The van der Waals surface area contributed by atoms with Gasteiger partial charge >= 0.3 is 0 Å². The lowest BCUT2D eigenvalue weighted by Gasteiger charge is -2.19. The zero-order valence-corrected chi connectivity index (χ0v) is 21.6. The number of sulfone groups is 1. The van der Waals surface area contributed by atoms with Crippen LogP contribution in [-0.2, 0) is 16.4 Å². The van der Waals surface area contributed by atoms with Crippen LogP contribution in [0.2, 0.25) is 0 Å². The van der Waals surface area contributed by atoms with E-state index in [1.54, 1.807) is 31.2 Å². The normalized spacial score (nSPS) is 12.1. The van der Waals surface area contributed by atoms with Crippen molar-refractivity contribution in [3.63, 3.8) is 0 Å². The molecule has 0 aliphatic heterocycles. The molecule has 0 fully saturated rings. The largest absolute Gasteiger partial charge is 0.402 e. The molecule has 0 amide bonds. The van der Waals surface area contributed by atoms with Crippen molar-refractivity contribution in [3.05, 3.63) is 111 Å². The van der Waals surface area contributed by atoms with E-state index in [1.165, 1.54) is 22.8 Å². The van der Waals surface area contributed by atoms with Crippen molar-refractivity contribution in [3.8, 4) is 11.1 Å². The summed E-state index contributed by atoms with van der Waals surface area (Å²) in [6.45, 7) is 1.69. The number of carbonyl (C=O) groups is 1. The zero-order valence-electron chi connectivity index (χ0n) is 19.2. The Bertz CT molecular complexity index is 1640. The van der Waals surface area contributed by atoms with Crippen LogP contribution in [0, 0.1) is 0 Å². The van der Waals surface area contributed by atoms with E-state index in [0.717, 1.165) is 16.3 Å². The van der Waals surface area contributed by atoms with Crippen molar-refractivity contribution in [1.29, 1.82) is 0 Å². The fourth-order valence-electron chi connectivity index (χ4n) is 4.02. The first-order valence-corrected chi connectivity index (χ1v) is 13.4. The first-order chi connectivity index (χ1) is 16.6. The van der Waals surface area contributed by atoms with E-state index in [2.05, 4.69) is 15.9 Å². The Morgan fingerprint density at radius 2 is 1.66 bits per heavy atom. The Morgan fingerprint density at radius 1 is 1.00 bits per heavy atom. The molecule has 1 aromatic heterocycles. The van der Waals surface area contributed by atoms with Crippen LogP contribution in [-0.4, -0.2) is 25.0 Å². The van der Waals surface area contributed by atoms with E-state index < -0.39 is 15.6 Å². The molecule has 8 heteroatoms. The number of hydrogen-bond donors (Lipinski definition) is 1. The lowest BCUT2D eigenvalue weighted by atomic mass is 9.94. The van der Waals surface area contributed by atoms with Gasteiger partial charge in [-0.2, -0.15) is 0 Å². The summed E-state index contributed by atoms with van der Waals surface area (Å²) in [5.41, 5.74) is 8.13. The lowest BCUT2D eigenvalue weighted by Crippen LogP contribution is -2.28. The average molecular weight is 551 g/mol. The number of carbonyl (C=O) groups excluding carboxylic acids is 1. The van der Waals surface area contributed by atoms with Gasteiger partial charge in [-0.3, -0.25) is 14.2 Å². The van der Waals surface area contributed by atoms with E-state index >= 15 is 0 Å². The van der Waals surface area contributed by atoms with E-state index in [0.29, 0.717) is 27.6 Å². The third-order valence-corrected chi connectivity index (χ3v) is 7.20. The molecule has 6 nitrogen and oxygen atoms in total. The van der Waals surface area contributed by atoms with Crippen LogP contribution in [0.3, 0.4) is 0 Å². The summed E-state index contributed by atoms with van der Waals surface area (Å²) in [7, 11) is -3.36. The fourth-order valence-corrected chi connectivity index (χ4v) is 5.01. The minimum absolute atomic E-state index is 0.0766. The van der Waals surface area contributed by atoms with Crippen LogP contribution in [0.1, 0.15) is 23.0 Å². The van der Waals surface area contributed by atoms with Crippen LogP contribution in [0.15, 0.2) is 98.7 Å². The number of ketones is 1. The van der Waals surface area contributed by atoms with Crippen LogP contribution < -0.4 is 11.3 Å². The van der Waals surface area contributed by atoms with Crippen molar-refractivity contribution < 1.29 is 13.2 Å². The molecule has 0 bridgehead atoms. The van der Waals surface area contributed by atoms with Crippen molar-refractivity contribution in [1.82, 2.24) is 4.57 Å². The first-order valence-electron chi connectivity index (χ1n) is 10.7. The third kappa shape index (κ3) is 5.13. The monoisotopic (exact) mass is 550 g/mol. The number of rotatable bonds is 6. The van der Waals surface area contributed by atoms with Gasteiger partial charge in [-0.1, -0.05) is 58.4 Å². The highest BCUT2D eigenvalue weighted by molar-refractivity contribution is 9.10. The molecular weight excluding hydrogens is 528 g/mol. The van der Waals surface area contributed by atoms with Gasteiger partial charge in [0, 0.05) is 33.5 Å². The molecule has 0 atom stereocenters. The maximum atomic E-state index is 13.7. The molecule has 178 valence electrons. The fraction of sp³-hybridized carbons (Fsp3) is 0.111. The number of aromatic nitrogens is 1. The third-order valence-electron chi connectivity index (χ3n) is 5.58. The molecule has 0 saturated heterocycles. The average Bonchev–Trinajstić information content (AvgIpc) is 2.80. The number of nitrogens with zero attached hydrogens (tertiary/aromatic N) is 1. The Balaban J connectivity index is 2.07. The van der Waals surface area contributed by atoms with Crippen LogP contribution in [0.5, 0.6) is 0 Å². The molecule has 4 aromatic rings. The van der Waals surface area contributed by atoms with Gasteiger partial charge in [0.2, 0.25) is 5.78 Å². The highest BCUT2D eigenvalue weighted by Crippen LogP contribution is 2.33. The van der Waals surface area contributed by atoms with Gasteiger partial charge in [0.1, 0.15) is 5.69 Å². The standard InChI is InChI=1S/C27H23BrN2O4S/c1-17(29)14-24(31)26-25(19-6-4-3-5-7-19)23-15-20(28)10-13-22(23)27(32)30(26)16-18-8-11-21(12-9-18)35(2,33)34/h3-15H,16,29H2,1-2H3. The zero-order chi connectivity index (χ0) is 25.3. The number of benzene rings is 3. The van der Waals surface area contributed by atoms with E-state index in [-0.39, 0.29) is 22.7 Å². The summed E-state index contributed by atoms with van der Waals surface area (Å²) in [6.07, 6.45) is 2.45. The van der Waals surface area contributed by atoms with Crippen molar-refractivity contribution in [2.24, 2.45) is 5.73 Å². The molecular formula is C27H23BrN2O4S.